The number of carbonyl (C=O) groups is 1. The molecule has 0 saturated heterocycles. The number of nitrogens with zero attached hydrogens (tertiary/aromatic N) is 2. The van der Waals surface area contributed by atoms with Crippen LogP contribution in [0.3, 0.4) is 0 Å². The number of thiazole rings is 1. The number of hydrogen-bond acceptors (Lipinski definition) is 4. The van der Waals surface area contributed by atoms with E-state index in [9.17, 15) is 4.79 Å². The van der Waals surface area contributed by atoms with Crippen LogP contribution in [0.25, 0.3) is 0 Å². The minimum atomic E-state index is -0.504. The van der Waals surface area contributed by atoms with Gasteiger partial charge in [0.15, 0.2) is 5.13 Å². The van der Waals surface area contributed by atoms with Crippen LogP contribution in [0, 0.1) is 0 Å². The SMILES string of the molecule is COc1ccc(CN(C(N)=O)c2ncc(C(C)C)s2)cc1. The molecule has 1 aromatic carbocycles. The van der Waals surface area contributed by atoms with Gasteiger partial charge in [-0.2, -0.15) is 0 Å². The summed E-state index contributed by atoms with van der Waals surface area (Å²) in [5.74, 6) is 1.16. The van der Waals surface area contributed by atoms with Gasteiger partial charge in [0.25, 0.3) is 0 Å². The van der Waals surface area contributed by atoms with Crippen molar-refractivity contribution in [2.24, 2.45) is 5.73 Å². The number of aromatic nitrogens is 1. The highest BCUT2D eigenvalue weighted by Crippen LogP contribution is 2.29. The van der Waals surface area contributed by atoms with Crippen LogP contribution < -0.4 is 15.4 Å². The molecule has 1 aromatic heterocycles. The fraction of sp³-hybridized carbons (Fsp3) is 0.333. The highest BCUT2D eigenvalue weighted by molar-refractivity contribution is 7.15. The van der Waals surface area contributed by atoms with Crippen LogP contribution in [0.5, 0.6) is 5.75 Å². The van der Waals surface area contributed by atoms with E-state index in [1.54, 1.807) is 13.3 Å². The van der Waals surface area contributed by atoms with Gasteiger partial charge in [0.1, 0.15) is 5.75 Å². The van der Waals surface area contributed by atoms with E-state index in [1.807, 2.05) is 24.3 Å². The summed E-state index contributed by atoms with van der Waals surface area (Å²) in [6.45, 7) is 4.58. The zero-order valence-corrected chi connectivity index (χ0v) is 13.2. The summed E-state index contributed by atoms with van der Waals surface area (Å²) in [6, 6.07) is 7.03. The van der Waals surface area contributed by atoms with Crippen molar-refractivity contribution in [3.8, 4) is 5.75 Å². The Balaban J connectivity index is 2.19. The molecule has 2 rings (SSSR count). The van der Waals surface area contributed by atoms with Crippen LogP contribution in [0.15, 0.2) is 30.5 Å². The summed E-state index contributed by atoms with van der Waals surface area (Å²) in [6.07, 6.45) is 1.80. The quantitative estimate of drug-likeness (QED) is 0.921. The highest BCUT2D eigenvalue weighted by atomic mass is 32.1. The third-order valence-corrected chi connectivity index (χ3v) is 4.40. The van der Waals surface area contributed by atoms with Crippen LogP contribution in [-0.4, -0.2) is 18.1 Å². The van der Waals surface area contributed by atoms with Gasteiger partial charge in [0.05, 0.1) is 13.7 Å². The number of ether oxygens (including phenoxy) is 1. The number of methoxy groups -OCH3 is 1. The molecule has 2 amide bonds. The van der Waals surface area contributed by atoms with Gasteiger partial charge in [0, 0.05) is 11.1 Å². The second-order valence-electron chi connectivity index (χ2n) is 4.97. The number of rotatable bonds is 5. The van der Waals surface area contributed by atoms with Crippen LogP contribution in [0.2, 0.25) is 0 Å². The maximum Gasteiger partial charge on any atom is 0.321 e. The van der Waals surface area contributed by atoms with Crippen molar-refractivity contribution in [1.82, 2.24) is 4.98 Å². The normalized spacial score (nSPS) is 10.7. The summed E-state index contributed by atoms with van der Waals surface area (Å²) in [7, 11) is 1.62. The van der Waals surface area contributed by atoms with Crippen LogP contribution in [0.4, 0.5) is 9.93 Å². The molecule has 5 nitrogen and oxygen atoms in total. The molecule has 0 unspecified atom stereocenters. The van der Waals surface area contributed by atoms with E-state index >= 15 is 0 Å². The van der Waals surface area contributed by atoms with Gasteiger partial charge < -0.3 is 10.5 Å². The Hall–Kier alpha value is -2.08. The number of urea groups is 1. The van der Waals surface area contributed by atoms with E-state index in [-0.39, 0.29) is 0 Å². The summed E-state index contributed by atoms with van der Waals surface area (Å²) in [5.41, 5.74) is 6.46. The van der Waals surface area contributed by atoms with Gasteiger partial charge in [0.2, 0.25) is 0 Å². The maximum atomic E-state index is 11.7. The van der Waals surface area contributed by atoms with E-state index in [0.717, 1.165) is 16.2 Å². The zero-order chi connectivity index (χ0) is 15.4. The van der Waals surface area contributed by atoms with Crippen molar-refractivity contribution in [3.63, 3.8) is 0 Å². The molecule has 0 fully saturated rings. The number of amides is 2. The maximum absolute atomic E-state index is 11.7. The van der Waals surface area contributed by atoms with Gasteiger partial charge in [-0.3, -0.25) is 4.90 Å². The van der Waals surface area contributed by atoms with Gasteiger partial charge in [-0.1, -0.05) is 26.0 Å². The van der Waals surface area contributed by atoms with Crippen molar-refractivity contribution >= 4 is 22.5 Å². The molecule has 0 aliphatic carbocycles. The average molecular weight is 305 g/mol. The van der Waals surface area contributed by atoms with Crippen molar-refractivity contribution in [3.05, 3.63) is 40.9 Å². The molecule has 2 N–H and O–H groups in total. The molecule has 112 valence electrons. The molecule has 21 heavy (non-hydrogen) atoms. The monoisotopic (exact) mass is 305 g/mol. The third kappa shape index (κ3) is 3.72. The van der Waals surface area contributed by atoms with Crippen molar-refractivity contribution < 1.29 is 9.53 Å². The molecule has 2 aromatic rings. The molecular formula is C15H19N3O2S. The van der Waals surface area contributed by atoms with Crippen LogP contribution in [0.1, 0.15) is 30.2 Å². The average Bonchev–Trinajstić information content (AvgIpc) is 2.94. The second kappa shape index (κ2) is 6.58. The topological polar surface area (TPSA) is 68.5 Å². The Morgan fingerprint density at radius 1 is 1.38 bits per heavy atom. The second-order valence-corrected chi connectivity index (χ2v) is 6.01. The lowest BCUT2D eigenvalue weighted by Gasteiger charge is -2.17. The number of benzene rings is 1. The fourth-order valence-corrected chi connectivity index (χ4v) is 2.74. The molecule has 0 saturated carbocycles. The lowest BCUT2D eigenvalue weighted by molar-refractivity contribution is 0.253. The predicted octanol–water partition coefficient (Wildman–Crippen LogP) is 3.36. The number of anilines is 1. The Labute approximate surface area is 128 Å². The lowest BCUT2D eigenvalue weighted by Crippen LogP contribution is -2.35. The van der Waals surface area contributed by atoms with E-state index in [1.165, 1.54) is 16.2 Å². The molecule has 0 atom stereocenters. The van der Waals surface area contributed by atoms with E-state index in [4.69, 9.17) is 10.5 Å². The summed E-state index contributed by atoms with van der Waals surface area (Å²) in [4.78, 5) is 18.6. The van der Waals surface area contributed by atoms with Gasteiger partial charge in [-0.25, -0.2) is 9.78 Å². The van der Waals surface area contributed by atoms with E-state index in [0.29, 0.717) is 17.6 Å². The number of carbonyl (C=O) groups excluding carboxylic acids is 1. The minimum Gasteiger partial charge on any atom is -0.497 e. The first-order chi connectivity index (χ1) is 10.0. The summed E-state index contributed by atoms with van der Waals surface area (Å²) >= 11 is 1.49. The first-order valence-electron chi connectivity index (χ1n) is 6.67. The Morgan fingerprint density at radius 2 is 2.05 bits per heavy atom. The number of nitrogens with two attached hydrogens (primary N) is 1. The molecule has 6 heteroatoms. The Bertz CT molecular complexity index is 608. The van der Waals surface area contributed by atoms with Crippen molar-refractivity contribution in [1.29, 1.82) is 0 Å². The largest absolute Gasteiger partial charge is 0.497 e. The molecule has 0 aliphatic heterocycles. The van der Waals surface area contributed by atoms with Gasteiger partial charge in [-0.05, 0) is 23.6 Å². The fourth-order valence-electron chi connectivity index (χ4n) is 1.82. The van der Waals surface area contributed by atoms with Crippen LogP contribution >= 0.6 is 11.3 Å². The van der Waals surface area contributed by atoms with E-state index in [2.05, 4.69) is 18.8 Å². The molecule has 0 radical (unpaired) electrons. The Morgan fingerprint density at radius 3 is 2.52 bits per heavy atom. The standard InChI is InChI=1S/C15H19N3O2S/c1-10(2)13-8-17-15(21-13)18(14(16)19)9-11-4-6-12(20-3)7-5-11/h4-8,10H,9H2,1-3H3,(H2,16,19). The molecule has 0 bridgehead atoms. The highest BCUT2D eigenvalue weighted by Gasteiger charge is 2.17. The smallest absolute Gasteiger partial charge is 0.321 e. The molecule has 0 spiro atoms. The van der Waals surface area contributed by atoms with Crippen LogP contribution in [-0.2, 0) is 6.54 Å². The number of primary amides is 1. The van der Waals surface area contributed by atoms with Gasteiger partial charge >= 0.3 is 6.03 Å². The summed E-state index contributed by atoms with van der Waals surface area (Å²) in [5, 5.41) is 0.627. The first kappa shape index (κ1) is 15.3. The Kier molecular flexibility index (Phi) is 4.80. The molecule has 1 heterocycles. The number of hydrogen-bond donors (Lipinski definition) is 1. The van der Waals surface area contributed by atoms with Gasteiger partial charge in [-0.15, -0.1) is 11.3 Å². The summed E-state index contributed by atoms with van der Waals surface area (Å²) < 4.78 is 5.12. The predicted molar refractivity (Wildman–Crippen MR) is 85.0 cm³/mol. The van der Waals surface area contributed by atoms with E-state index < -0.39 is 6.03 Å². The van der Waals surface area contributed by atoms with Crippen molar-refractivity contribution in [2.45, 2.75) is 26.3 Å². The third-order valence-electron chi connectivity index (χ3n) is 3.08. The van der Waals surface area contributed by atoms with Crippen molar-refractivity contribution in [2.75, 3.05) is 12.0 Å². The lowest BCUT2D eigenvalue weighted by atomic mass is 10.2. The molecular weight excluding hydrogens is 286 g/mol. The molecule has 0 aliphatic rings. The zero-order valence-electron chi connectivity index (χ0n) is 12.4. The minimum absolute atomic E-state index is 0.381. The first-order valence-corrected chi connectivity index (χ1v) is 7.48.